The third-order valence-electron chi connectivity index (χ3n) is 5.15. The number of hydrogen-bond donors (Lipinski definition) is 1. The van der Waals surface area contributed by atoms with Gasteiger partial charge in [0.25, 0.3) is 0 Å². The third kappa shape index (κ3) is 3.54. The first-order valence-corrected chi connectivity index (χ1v) is 9.21. The fourth-order valence-electron chi connectivity index (χ4n) is 3.78. The summed E-state index contributed by atoms with van der Waals surface area (Å²) in [6.07, 6.45) is 6.81. The summed E-state index contributed by atoms with van der Waals surface area (Å²) in [7, 11) is 0. The molecule has 1 atom stereocenters. The summed E-state index contributed by atoms with van der Waals surface area (Å²) in [5.41, 5.74) is 4.83. The molecule has 0 fully saturated rings. The van der Waals surface area contributed by atoms with Gasteiger partial charge in [0, 0.05) is 18.9 Å². The van der Waals surface area contributed by atoms with Crippen LogP contribution in [0.15, 0.2) is 67.0 Å². The number of aryl methyl sites for hydroxylation is 1. The average molecular weight is 345 g/mol. The Balaban J connectivity index is 1.46. The van der Waals surface area contributed by atoms with Gasteiger partial charge in [0.15, 0.2) is 0 Å². The number of amides is 1. The first-order valence-electron chi connectivity index (χ1n) is 9.21. The van der Waals surface area contributed by atoms with E-state index >= 15 is 0 Å². The van der Waals surface area contributed by atoms with E-state index in [2.05, 4.69) is 40.7 Å². The summed E-state index contributed by atoms with van der Waals surface area (Å²) in [5.74, 6) is 0.101. The Labute approximate surface area is 153 Å². The van der Waals surface area contributed by atoms with E-state index < -0.39 is 0 Å². The molecule has 1 unspecified atom stereocenters. The molecule has 132 valence electrons. The van der Waals surface area contributed by atoms with Crippen molar-refractivity contribution in [3.63, 3.8) is 0 Å². The molecule has 0 spiro atoms. The monoisotopic (exact) mass is 345 g/mol. The number of benzene rings is 2. The Morgan fingerprint density at radius 3 is 2.73 bits per heavy atom. The van der Waals surface area contributed by atoms with Crippen LogP contribution in [0.4, 0.5) is 0 Å². The van der Waals surface area contributed by atoms with Gasteiger partial charge in [0.1, 0.15) is 0 Å². The lowest BCUT2D eigenvalue weighted by Gasteiger charge is -2.24. The molecule has 4 nitrogen and oxygen atoms in total. The number of carbonyl (C=O) groups is 1. The summed E-state index contributed by atoms with van der Waals surface area (Å²) in [4.78, 5) is 12.8. The molecule has 1 aliphatic rings. The highest BCUT2D eigenvalue weighted by Gasteiger charge is 2.25. The van der Waals surface area contributed by atoms with Gasteiger partial charge in [-0.3, -0.25) is 9.48 Å². The van der Waals surface area contributed by atoms with Gasteiger partial charge in [0.2, 0.25) is 5.91 Å². The number of nitrogens with one attached hydrogen (secondary N) is 1. The van der Waals surface area contributed by atoms with E-state index in [1.165, 1.54) is 16.7 Å². The van der Waals surface area contributed by atoms with Crippen molar-refractivity contribution in [3.05, 3.63) is 89.2 Å². The van der Waals surface area contributed by atoms with E-state index in [-0.39, 0.29) is 11.8 Å². The lowest BCUT2D eigenvalue weighted by Crippen LogP contribution is -2.31. The predicted molar refractivity (Wildman–Crippen MR) is 102 cm³/mol. The lowest BCUT2D eigenvalue weighted by atomic mass is 9.82. The molecule has 4 rings (SSSR count). The van der Waals surface area contributed by atoms with E-state index in [1.807, 2.05) is 35.1 Å². The van der Waals surface area contributed by atoms with Crippen molar-refractivity contribution in [1.82, 2.24) is 15.1 Å². The van der Waals surface area contributed by atoms with Gasteiger partial charge in [-0.05, 0) is 47.6 Å². The number of fused-ring (bicyclic) bond motifs is 1. The van der Waals surface area contributed by atoms with Crippen LogP contribution in [0, 0.1) is 0 Å². The summed E-state index contributed by atoms with van der Waals surface area (Å²) >= 11 is 0. The Morgan fingerprint density at radius 2 is 1.88 bits per heavy atom. The van der Waals surface area contributed by atoms with Crippen molar-refractivity contribution >= 4 is 5.91 Å². The molecule has 1 heterocycles. The molecule has 26 heavy (non-hydrogen) atoms. The molecule has 0 saturated heterocycles. The number of hydrogen-bond acceptors (Lipinski definition) is 2. The van der Waals surface area contributed by atoms with Crippen molar-refractivity contribution < 1.29 is 4.79 Å². The number of rotatable bonds is 5. The summed E-state index contributed by atoms with van der Waals surface area (Å²) < 4.78 is 1.90. The predicted octanol–water partition coefficient (Wildman–Crippen LogP) is 3.67. The molecular formula is C22H23N3O. The van der Waals surface area contributed by atoms with E-state index in [0.717, 1.165) is 24.8 Å². The van der Waals surface area contributed by atoms with Crippen LogP contribution in [0.3, 0.4) is 0 Å². The van der Waals surface area contributed by atoms with E-state index in [0.29, 0.717) is 13.1 Å². The zero-order valence-electron chi connectivity index (χ0n) is 14.8. The highest BCUT2D eigenvalue weighted by atomic mass is 16.1. The molecule has 0 saturated carbocycles. The fourth-order valence-corrected chi connectivity index (χ4v) is 3.78. The molecule has 1 aromatic heterocycles. The Morgan fingerprint density at radius 1 is 1.08 bits per heavy atom. The minimum Gasteiger partial charge on any atom is -0.351 e. The van der Waals surface area contributed by atoms with Gasteiger partial charge < -0.3 is 5.32 Å². The summed E-state index contributed by atoms with van der Waals surface area (Å²) in [6, 6.07) is 18.5. The zero-order chi connectivity index (χ0) is 17.8. The van der Waals surface area contributed by atoms with E-state index in [1.54, 1.807) is 6.20 Å². The van der Waals surface area contributed by atoms with Gasteiger partial charge in [0.05, 0.1) is 12.5 Å². The first kappa shape index (κ1) is 16.6. The van der Waals surface area contributed by atoms with E-state index in [9.17, 15) is 4.79 Å². The quantitative estimate of drug-likeness (QED) is 0.767. The van der Waals surface area contributed by atoms with Crippen LogP contribution in [0.1, 0.15) is 41.0 Å². The molecule has 1 amide bonds. The normalized spacial score (nSPS) is 16.1. The van der Waals surface area contributed by atoms with Gasteiger partial charge in [-0.15, -0.1) is 0 Å². The van der Waals surface area contributed by atoms with Crippen molar-refractivity contribution in [2.75, 3.05) is 0 Å². The van der Waals surface area contributed by atoms with Gasteiger partial charge in [-0.25, -0.2) is 0 Å². The Hall–Kier alpha value is -2.88. The maximum absolute atomic E-state index is 12.8. The second-order valence-corrected chi connectivity index (χ2v) is 6.83. The molecule has 0 radical (unpaired) electrons. The second-order valence-electron chi connectivity index (χ2n) is 6.83. The number of carbonyl (C=O) groups excluding carboxylic acids is 1. The zero-order valence-corrected chi connectivity index (χ0v) is 14.8. The molecule has 1 N–H and O–H groups in total. The van der Waals surface area contributed by atoms with Crippen LogP contribution in [-0.4, -0.2) is 15.7 Å². The fraction of sp³-hybridized carbons (Fsp3) is 0.273. The molecule has 1 aliphatic carbocycles. The average Bonchev–Trinajstić information content (AvgIpc) is 3.20. The van der Waals surface area contributed by atoms with Gasteiger partial charge in [-0.2, -0.15) is 5.10 Å². The minimum atomic E-state index is -0.0294. The summed E-state index contributed by atoms with van der Waals surface area (Å²) in [5, 5.41) is 7.44. The van der Waals surface area contributed by atoms with Gasteiger partial charge >= 0.3 is 0 Å². The molecule has 2 aromatic carbocycles. The lowest BCUT2D eigenvalue weighted by molar-refractivity contribution is -0.123. The second kappa shape index (κ2) is 7.56. The van der Waals surface area contributed by atoms with E-state index in [4.69, 9.17) is 0 Å². The topological polar surface area (TPSA) is 46.9 Å². The van der Waals surface area contributed by atoms with Crippen molar-refractivity contribution in [2.45, 2.75) is 38.3 Å². The van der Waals surface area contributed by atoms with Crippen LogP contribution < -0.4 is 5.32 Å². The van der Waals surface area contributed by atoms with Crippen molar-refractivity contribution in [3.8, 4) is 0 Å². The molecule has 0 aliphatic heterocycles. The highest BCUT2D eigenvalue weighted by molar-refractivity contribution is 5.84. The van der Waals surface area contributed by atoms with Crippen LogP contribution in [0.5, 0.6) is 0 Å². The van der Waals surface area contributed by atoms with Crippen LogP contribution >= 0.6 is 0 Å². The molecule has 3 aromatic rings. The van der Waals surface area contributed by atoms with Crippen LogP contribution in [0.2, 0.25) is 0 Å². The highest BCUT2D eigenvalue weighted by Crippen LogP contribution is 2.31. The Kier molecular flexibility index (Phi) is 4.82. The minimum absolute atomic E-state index is 0.0294. The molecule has 4 heteroatoms. The SMILES string of the molecule is O=C(NCc1ccccc1Cn1cccn1)C1CCCc2ccccc21. The number of nitrogens with zero attached hydrogens (tertiary/aromatic N) is 2. The van der Waals surface area contributed by atoms with Crippen LogP contribution in [0.25, 0.3) is 0 Å². The largest absolute Gasteiger partial charge is 0.351 e. The third-order valence-corrected chi connectivity index (χ3v) is 5.15. The van der Waals surface area contributed by atoms with Crippen molar-refractivity contribution in [1.29, 1.82) is 0 Å². The molecular weight excluding hydrogens is 322 g/mol. The van der Waals surface area contributed by atoms with Gasteiger partial charge in [-0.1, -0.05) is 48.5 Å². The maximum atomic E-state index is 12.8. The van der Waals surface area contributed by atoms with Crippen molar-refractivity contribution in [2.24, 2.45) is 0 Å². The molecule has 0 bridgehead atoms. The summed E-state index contributed by atoms with van der Waals surface area (Å²) in [6.45, 7) is 1.26. The van der Waals surface area contributed by atoms with Crippen LogP contribution in [-0.2, 0) is 24.3 Å². The maximum Gasteiger partial charge on any atom is 0.227 e. The standard InChI is InChI=1S/C22H23N3O/c26-22(21-12-5-10-17-7-3-4-11-20(17)21)23-15-18-8-1-2-9-19(18)16-25-14-6-13-24-25/h1-4,6-9,11,13-14,21H,5,10,12,15-16H2,(H,23,26). The Bertz CT molecular complexity index is 886. The number of aromatic nitrogens is 2. The first-order chi connectivity index (χ1) is 12.8. The smallest absolute Gasteiger partial charge is 0.227 e.